The van der Waals surface area contributed by atoms with Crippen LogP contribution in [0.4, 0.5) is 8.78 Å². The molecule has 2 fully saturated rings. The minimum atomic E-state index is -0.927. The Morgan fingerprint density at radius 2 is 1.80 bits per heavy atom. The van der Waals surface area contributed by atoms with E-state index in [-0.39, 0.29) is 37.0 Å². The quantitative estimate of drug-likeness (QED) is 0.774. The highest BCUT2D eigenvalue weighted by molar-refractivity contribution is 5.99. The van der Waals surface area contributed by atoms with Gasteiger partial charge in [0.2, 0.25) is 11.8 Å². The maximum Gasteiger partial charge on any atom is 0.254 e. The molecule has 2 heterocycles. The van der Waals surface area contributed by atoms with Crippen LogP contribution in [0, 0.1) is 11.6 Å². The largest absolute Gasteiger partial charge is 0.394 e. The summed E-state index contributed by atoms with van der Waals surface area (Å²) in [5.74, 6) is -3.10. The van der Waals surface area contributed by atoms with Crippen LogP contribution in [-0.2, 0) is 9.59 Å². The zero-order valence-corrected chi connectivity index (χ0v) is 13.5. The molecule has 25 heavy (non-hydrogen) atoms. The molecule has 2 aliphatic rings. The molecule has 0 aliphatic carbocycles. The Morgan fingerprint density at radius 3 is 2.40 bits per heavy atom. The van der Waals surface area contributed by atoms with Crippen molar-refractivity contribution in [3.63, 3.8) is 0 Å². The van der Waals surface area contributed by atoms with Gasteiger partial charge in [-0.3, -0.25) is 14.4 Å². The summed E-state index contributed by atoms with van der Waals surface area (Å²) in [7, 11) is 1.42. The number of fused-ring (bicyclic) bond motifs is 1. The first-order valence-corrected chi connectivity index (χ1v) is 7.77. The molecule has 1 aromatic rings. The van der Waals surface area contributed by atoms with Gasteiger partial charge in [0.25, 0.3) is 5.91 Å². The summed E-state index contributed by atoms with van der Waals surface area (Å²) < 4.78 is 26.6. The number of likely N-dealkylation sites (N-methyl/N-ethyl adjacent to an activating group) is 1. The van der Waals surface area contributed by atoms with Crippen molar-refractivity contribution in [2.75, 3.05) is 33.3 Å². The van der Waals surface area contributed by atoms with Crippen LogP contribution < -0.4 is 0 Å². The van der Waals surface area contributed by atoms with E-state index in [1.807, 2.05) is 0 Å². The maximum absolute atomic E-state index is 13.3. The van der Waals surface area contributed by atoms with Crippen molar-refractivity contribution in [3.8, 4) is 0 Å². The Hall–Kier alpha value is -2.55. The topological polar surface area (TPSA) is 81.2 Å². The van der Waals surface area contributed by atoms with Crippen LogP contribution in [0.2, 0.25) is 0 Å². The van der Waals surface area contributed by atoms with Gasteiger partial charge in [0, 0.05) is 31.8 Å². The van der Waals surface area contributed by atoms with Gasteiger partial charge in [0.1, 0.15) is 23.7 Å². The summed E-state index contributed by atoms with van der Waals surface area (Å²) >= 11 is 0. The minimum absolute atomic E-state index is 0.0654. The Balaban J connectivity index is 1.81. The van der Waals surface area contributed by atoms with Gasteiger partial charge in [-0.2, -0.15) is 0 Å². The van der Waals surface area contributed by atoms with Gasteiger partial charge in [-0.15, -0.1) is 0 Å². The molecule has 1 N–H and O–H groups in total. The molecule has 0 bridgehead atoms. The lowest BCUT2D eigenvalue weighted by atomic mass is 10.0. The number of rotatable bonds is 2. The molecule has 3 amide bonds. The Bertz CT molecular complexity index is 722. The number of carbonyl (C=O) groups excluding carboxylic acids is 3. The van der Waals surface area contributed by atoms with Gasteiger partial charge >= 0.3 is 0 Å². The summed E-state index contributed by atoms with van der Waals surface area (Å²) in [6, 6.07) is 0.737. The predicted octanol–water partition coefficient (Wildman–Crippen LogP) is -0.549. The van der Waals surface area contributed by atoms with Crippen molar-refractivity contribution < 1.29 is 28.3 Å². The molecule has 2 atom stereocenters. The number of aliphatic hydroxyl groups excluding tert-OH is 1. The molecule has 0 spiro atoms. The molecule has 0 radical (unpaired) electrons. The van der Waals surface area contributed by atoms with Gasteiger partial charge in [0.05, 0.1) is 13.2 Å². The highest BCUT2D eigenvalue weighted by Crippen LogP contribution is 2.22. The number of hydrogen-bond donors (Lipinski definition) is 1. The molecule has 0 aromatic heterocycles. The average Bonchev–Trinajstić information content (AvgIpc) is 2.58. The fourth-order valence-electron chi connectivity index (χ4n) is 3.25. The first kappa shape index (κ1) is 17.3. The molecule has 3 rings (SSSR count). The number of halogens is 2. The smallest absolute Gasteiger partial charge is 0.254 e. The van der Waals surface area contributed by atoms with E-state index >= 15 is 0 Å². The second kappa shape index (κ2) is 6.40. The lowest BCUT2D eigenvalue weighted by Crippen LogP contribution is -2.70. The van der Waals surface area contributed by atoms with Crippen LogP contribution in [0.1, 0.15) is 10.4 Å². The molecule has 134 valence electrons. The van der Waals surface area contributed by atoms with Crippen molar-refractivity contribution in [2.45, 2.75) is 12.1 Å². The number of amides is 3. The van der Waals surface area contributed by atoms with Crippen molar-refractivity contribution in [2.24, 2.45) is 0 Å². The van der Waals surface area contributed by atoms with Crippen LogP contribution in [0.3, 0.4) is 0 Å². The van der Waals surface area contributed by atoms with Crippen molar-refractivity contribution in [1.29, 1.82) is 0 Å². The maximum atomic E-state index is 13.3. The molecular formula is C16H17F2N3O4. The Morgan fingerprint density at radius 1 is 1.16 bits per heavy atom. The summed E-state index contributed by atoms with van der Waals surface area (Å²) in [6.45, 7) is -0.295. The van der Waals surface area contributed by atoms with Crippen LogP contribution in [0.5, 0.6) is 0 Å². The number of hydrogen-bond acceptors (Lipinski definition) is 4. The fraction of sp³-hybridized carbons (Fsp3) is 0.438. The van der Waals surface area contributed by atoms with E-state index in [0.717, 1.165) is 12.1 Å². The third kappa shape index (κ3) is 2.95. The SMILES string of the molecule is CN1C(=O)[C@H]2CN(C(=O)c3cc(F)cc(F)c3)CCN2C(=O)[C@@H]1CO. The average molecular weight is 353 g/mol. The zero-order chi connectivity index (χ0) is 18.3. The van der Waals surface area contributed by atoms with Crippen molar-refractivity contribution >= 4 is 17.7 Å². The predicted molar refractivity (Wildman–Crippen MR) is 81.4 cm³/mol. The zero-order valence-electron chi connectivity index (χ0n) is 13.5. The number of benzene rings is 1. The summed E-state index contributed by atoms with van der Waals surface area (Å²) in [5, 5.41) is 9.30. The monoisotopic (exact) mass is 353 g/mol. The first-order valence-electron chi connectivity index (χ1n) is 7.77. The summed E-state index contributed by atoms with van der Waals surface area (Å²) in [6.07, 6.45) is 0. The van der Waals surface area contributed by atoms with E-state index in [1.165, 1.54) is 21.7 Å². The van der Waals surface area contributed by atoms with E-state index < -0.39 is 36.2 Å². The normalized spacial score (nSPS) is 23.8. The molecule has 9 heteroatoms. The van der Waals surface area contributed by atoms with Crippen molar-refractivity contribution in [1.82, 2.24) is 14.7 Å². The first-order chi connectivity index (χ1) is 11.8. The van der Waals surface area contributed by atoms with Gasteiger partial charge < -0.3 is 19.8 Å². The van der Waals surface area contributed by atoms with E-state index in [2.05, 4.69) is 0 Å². The van der Waals surface area contributed by atoms with E-state index in [9.17, 15) is 28.3 Å². The second-order valence-electron chi connectivity index (χ2n) is 6.10. The third-order valence-electron chi connectivity index (χ3n) is 4.62. The van der Waals surface area contributed by atoms with Gasteiger partial charge in [0.15, 0.2) is 0 Å². The fourth-order valence-corrected chi connectivity index (χ4v) is 3.25. The summed E-state index contributed by atoms with van der Waals surface area (Å²) in [4.78, 5) is 41.1. The summed E-state index contributed by atoms with van der Waals surface area (Å²) in [5.41, 5.74) is -0.151. The van der Waals surface area contributed by atoms with Crippen LogP contribution in [0.25, 0.3) is 0 Å². The molecular weight excluding hydrogens is 336 g/mol. The van der Waals surface area contributed by atoms with Crippen LogP contribution >= 0.6 is 0 Å². The Kier molecular flexibility index (Phi) is 4.42. The minimum Gasteiger partial charge on any atom is -0.394 e. The molecule has 2 saturated heterocycles. The van der Waals surface area contributed by atoms with Crippen LogP contribution in [0.15, 0.2) is 18.2 Å². The molecule has 7 nitrogen and oxygen atoms in total. The molecule has 0 saturated carbocycles. The highest BCUT2D eigenvalue weighted by Gasteiger charge is 2.47. The molecule has 2 aliphatic heterocycles. The lowest BCUT2D eigenvalue weighted by Gasteiger charge is -2.47. The Labute approximate surface area is 142 Å². The van der Waals surface area contributed by atoms with E-state index in [0.29, 0.717) is 6.07 Å². The van der Waals surface area contributed by atoms with Gasteiger partial charge in [-0.05, 0) is 12.1 Å². The third-order valence-corrected chi connectivity index (χ3v) is 4.62. The highest BCUT2D eigenvalue weighted by atomic mass is 19.1. The number of carbonyl (C=O) groups is 3. The van der Waals surface area contributed by atoms with Gasteiger partial charge in [-0.25, -0.2) is 8.78 Å². The molecule has 0 unspecified atom stereocenters. The van der Waals surface area contributed by atoms with Gasteiger partial charge in [-0.1, -0.05) is 0 Å². The number of aliphatic hydroxyl groups is 1. The standard InChI is InChI=1S/C16H17F2N3O4/c1-19-13(8-22)16(25)21-3-2-20(7-12(21)15(19)24)14(23)9-4-10(17)6-11(18)5-9/h4-6,12-13,22H,2-3,7-8H2,1H3/t12-,13+/m1/s1. The van der Waals surface area contributed by atoms with E-state index in [1.54, 1.807) is 0 Å². The van der Waals surface area contributed by atoms with Crippen LogP contribution in [-0.4, -0.2) is 82.9 Å². The van der Waals surface area contributed by atoms with Crippen molar-refractivity contribution in [3.05, 3.63) is 35.4 Å². The van der Waals surface area contributed by atoms with E-state index in [4.69, 9.17) is 0 Å². The number of piperazine rings is 2. The second-order valence-corrected chi connectivity index (χ2v) is 6.10. The lowest BCUT2D eigenvalue weighted by molar-refractivity contribution is -0.164. The number of nitrogens with zero attached hydrogens (tertiary/aromatic N) is 3. The molecule has 1 aromatic carbocycles.